The van der Waals surface area contributed by atoms with E-state index in [1.165, 1.54) is 18.3 Å². The monoisotopic (exact) mass is 331 g/mol. The van der Waals surface area contributed by atoms with E-state index in [1.807, 2.05) is 0 Å². The van der Waals surface area contributed by atoms with Gasteiger partial charge in [0.25, 0.3) is 5.91 Å². The number of hydrogen-bond donors (Lipinski definition) is 1. The molecule has 1 aromatic carbocycles. The molecule has 6 heteroatoms. The van der Waals surface area contributed by atoms with Crippen LogP contribution in [0.25, 0.3) is 11.3 Å². The van der Waals surface area contributed by atoms with Crippen LogP contribution in [0.1, 0.15) is 36.0 Å². The molecule has 1 aliphatic rings. The van der Waals surface area contributed by atoms with Gasteiger partial charge in [0.05, 0.1) is 23.6 Å². The molecule has 1 aliphatic heterocycles. The van der Waals surface area contributed by atoms with Gasteiger partial charge in [0.1, 0.15) is 5.82 Å². The van der Waals surface area contributed by atoms with E-state index in [9.17, 15) is 9.18 Å². The number of halogens is 1. The predicted molar refractivity (Wildman–Crippen MR) is 89.2 cm³/mol. The Hall–Kier alpha value is -2.21. The summed E-state index contributed by atoms with van der Waals surface area (Å²) in [5, 5.41) is 6.76. The molecule has 1 amide bonds. The molecule has 1 aromatic heterocycles. The van der Waals surface area contributed by atoms with Crippen LogP contribution in [0.15, 0.2) is 30.5 Å². The lowest BCUT2D eigenvalue weighted by molar-refractivity contribution is 0.0764. The van der Waals surface area contributed by atoms with Crippen LogP contribution in [0.3, 0.4) is 0 Å². The van der Waals surface area contributed by atoms with Gasteiger partial charge < -0.3 is 9.64 Å². The van der Waals surface area contributed by atoms with E-state index in [2.05, 4.69) is 10.2 Å². The summed E-state index contributed by atoms with van der Waals surface area (Å²) in [7, 11) is 1.78. The highest BCUT2D eigenvalue weighted by Gasteiger charge is 2.20. The largest absolute Gasteiger partial charge is 0.378 e. The zero-order valence-electron chi connectivity index (χ0n) is 13.8. The normalized spacial score (nSPS) is 17.2. The van der Waals surface area contributed by atoms with Crippen LogP contribution in [-0.2, 0) is 4.74 Å². The van der Waals surface area contributed by atoms with Gasteiger partial charge >= 0.3 is 0 Å². The van der Waals surface area contributed by atoms with Gasteiger partial charge in [-0.2, -0.15) is 5.10 Å². The van der Waals surface area contributed by atoms with E-state index >= 15 is 0 Å². The molecule has 1 saturated heterocycles. The number of aromatic amines is 1. The number of ether oxygens (including phenoxy) is 1. The van der Waals surface area contributed by atoms with Crippen molar-refractivity contribution in [3.63, 3.8) is 0 Å². The van der Waals surface area contributed by atoms with Crippen molar-refractivity contribution in [3.05, 3.63) is 41.8 Å². The van der Waals surface area contributed by atoms with Crippen molar-refractivity contribution in [2.24, 2.45) is 0 Å². The number of aromatic nitrogens is 2. The molecule has 2 aromatic rings. The number of carbonyl (C=O) groups excluding carboxylic acids is 1. The number of nitrogens with zero attached hydrogens (tertiary/aromatic N) is 2. The highest BCUT2D eigenvalue weighted by atomic mass is 19.1. The molecule has 0 aliphatic carbocycles. The van der Waals surface area contributed by atoms with E-state index in [4.69, 9.17) is 4.74 Å². The van der Waals surface area contributed by atoms with Gasteiger partial charge in [0.2, 0.25) is 0 Å². The van der Waals surface area contributed by atoms with Gasteiger partial charge in [-0.1, -0.05) is 12.1 Å². The van der Waals surface area contributed by atoms with Gasteiger partial charge in [-0.05, 0) is 37.8 Å². The molecule has 2 heterocycles. The lowest BCUT2D eigenvalue weighted by Gasteiger charge is -2.18. The first-order valence-corrected chi connectivity index (χ1v) is 8.31. The third kappa shape index (κ3) is 3.82. The molecule has 5 nitrogen and oxygen atoms in total. The lowest BCUT2D eigenvalue weighted by atomic mass is 10.1. The Balaban J connectivity index is 1.63. The molecule has 24 heavy (non-hydrogen) atoms. The Labute approximate surface area is 140 Å². The lowest BCUT2D eigenvalue weighted by Crippen LogP contribution is -2.28. The molecule has 1 fully saturated rings. The van der Waals surface area contributed by atoms with E-state index in [0.29, 0.717) is 29.5 Å². The fourth-order valence-corrected chi connectivity index (χ4v) is 3.05. The number of rotatable bonds is 6. The molecule has 1 atom stereocenters. The summed E-state index contributed by atoms with van der Waals surface area (Å²) in [6, 6.07) is 6.14. The van der Waals surface area contributed by atoms with E-state index in [1.54, 1.807) is 24.1 Å². The first-order valence-electron chi connectivity index (χ1n) is 8.31. The van der Waals surface area contributed by atoms with Gasteiger partial charge in [-0.3, -0.25) is 9.89 Å². The van der Waals surface area contributed by atoms with Crippen LogP contribution >= 0.6 is 0 Å². The molecule has 0 bridgehead atoms. The fraction of sp³-hybridized carbons (Fsp3) is 0.444. The minimum Gasteiger partial charge on any atom is -0.378 e. The number of hydrogen-bond acceptors (Lipinski definition) is 3. The first-order chi connectivity index (χ1) is 11.6. The van der Waals surface area contributed by atoms with Gasteiger partial charge in [0, 0.05) is 25.8 Å². The van der Waals surface area contributed by atoms with Gasteiger partial charge in [0.15, 0.2) is 0 Å². The molecule has 1 N–H and O–H groups in total. The number of benzene rings is 1. The van der Waals surface area contributed by atoms with Crippen molar-refractivity contribution < 1.29 is 13.9 Å². The highest BCUT2D eigenvalue weighted by molar-refractivity contribution is 5.99. The van der Waals surface area contributed by atoms with Gasteiger partial charge in [-0.25, -0.2) is 4.39 Å². The molecule has 0 saturated carbocycles. The van der Waals surface area contributed by atoms with Crippen molar-refractivity contribution in [2.45, 2.75) is 31.8 Å². The highest BCUT2D eigenvalue weighted by Crippen LogP contribution is 2.23. The summed E-state index contributed by atoms with van der Waals surface area (Å²) < 4.78 is 19.0. The van der Waals surface area contributed by atoms with Crippen LogP contribution in [-0.4, -0.2) is 47.3 Å². The zero-order chi connectivity index (χ0) is 16.9. The van der Waals surface area contributed by atoms with Crippen molar-refractivity contribution >= 4 is 5.91 Å². The molecule has 0 spiro atoms. The van der Waals surface area contributed by atoms with Crippen LogP contribution in [0, 0.1) is 5.82 Å². The maximum atomic E-state index is 13.4. The first kappa shape index (κ1) is 16.6. The number of H-pyrrole nitrogens is 1. The van der Waals surface area contributed by atoms with Crippen LogP contribution in [0.5, 0.6) is 0 Å². The molecule has 0 radical (unpaired) electrons. The van der Waals surface area contributed by atoms with Crippen molar-refractivity contribution in [2.75, 3.05) is 20.2 Å². The average Bonchev–Trinajstić information content (AvgIpc) is 3.25. The van der Waals surface area contributed by atoms with Gasteiger partial charge in [-0.15, -0.1) is 0 Å². The second-order valence-corrected chi connectivity index (χ2v) is 6.17. The predicted octanol–water partition coefficient (Wildman–Crippen LogP) is 3.25. The molecular formula is C18H22FN3O2. The van der Waals surface area contributed by atoms with Crippen molar-refractivity contribution in [1.82, 2.24) is 15.1 Å². The minimum absolute atomic E-state index is 0.115. The van der Waals surface area contributed by atoms with E-state index in [0.717, 1.165) is 32.3 Å². The summed E-state index contributed by atoms with van der Waals surface area (Å²) in [5.74, 6) is -0.458. The molecule has 3 rings (SSSR count). The smallest absolute Gasteiger partial charge is 0.257 e. The topological polar surface area (TPSA) is 58.2 Å². The average molecular weight is 331 g/mol. The fourth-order valence-electron chi connectivity index (χ4n) is 3.05. The maximum absolute atomic E-state index is 13.4. The van der Waals surface area contributed by atoms with Crippen LogP contribution in [0.2, 0.25) is 0 Å². The summed E-state index contributed by atoms with van der Waals surface area (Å²) in [5.41, 5.74) is 1.62. The standard InChI is InChI=1S/C18H22FN3O2/c1-22(9-3-7-15-8-4-10-24-15)18(23)16-12-20-21-17(16)13-5-2-6-14(19)11-13/h2,5-6,11-12,15H,3-4,7-10H2,1H3,(H,20,21). The summed E-state index contributed by atoms with van der Waals surface area (Å²) in [4.78, 5) is 14.3. The quantitative estimate of drug-likeness (QED) is 0.884. The Kier molecular flexibility index (Phi) is 5.25. The van der Waals surface area contributed by atoms with Crippen molar-refractivity contribution in [3.8, 4) is 11.3 Å². The Morgan fingerprint density at radius 3 is 3.12 bits per heavy atom. The Bertz CT molecular complexity index is 695. The third-order valence-corrected chi connectivity index (χ3v) is 4.37. The third-order valence-electron chi connectivity index (χ3n) is 4.37. The Morgan fingerprint density at radius 2 is 2.38 bits per heavy atom. The summed E-state index contributed by atoms with van der Waals surface area (Å²) in [6.07, 6.45) is 5.96. The van der Waals surface area contributed by atoms with Crippen LogP contribution in [0.4, 0.5) is 4.39 Å². The van der Waals surface area contributed by atoms with Crippen molar-refractivity contribution in [1.29, 1.82) is 0 Å². The molecular weight excluding hydrogens is 309 g/mol. The SMILES string of the molecule is CN(CCCC1CCCO1)C(=O)c1cn[nH]c1-c1cccc(F)c1. The number of carbonyl (C=O) groups is 1. The second kappa shape index (κ2) is 7.57. The minimum atomic E-state index is -0.342. The number of amides is 1. The summed E-state index contributed by atoms with van der Waals surface area (Å²) >= 11 is 0. The Morgan fingerprint density at radius 1 is 1.50 bits per heavy atom. The zero-order valence-corrected chi connectivity index (χ0v) is 13.8. The van der Waals surface area contributed by atoms with E-state index in [-0.39, 0.29) is 11.7 Å². The summed E-state index contributed by atoms with van der Waals surface area (Å²) in [6.45, 7) is 1.51. The number of nitrogens with one attached hydrogen (secondary N) is 1. The van der Waals surface area contributed by atoms with Crippen LogP contribution < -0.4 is 0 Å². The second-order valence-electron chi connectivity index (χ2n) is 6.17. The van der Waals surface area contributed by atoms with E-state index < -0.39 is 0 Å². The maximum Gasteiger partial charge on any atom is 0.257 e. The molecule has 128 valence electrons. The molecule has 1 unspecified atom stereocenters.